The van der Waals surface area contributed by atoms with Crippen molar-refractivity contribution in [1.82, 2.24) is 19.1 Å². The van der Waals surface area contributed by atoms with Gasteiger partial charge in [-0.25, -0.2) is 9.78 Å². The zero-order chi connectivity index (χ0) is 13.1. The van der Waals surface area contributed by atoms with E-state index in [9.17, 15) is 9.59 Å². The molecule has 0 aliphatic rings. The van der Waals surface area contributed by atoms with Gasteiger partial charge >= 0.3 is 5.69 Å². The minimum Gasteiger partial charge on any atom is -0.383 e. The van der Waals surface area contributed by atoms with Gasteiger partial charge in [0.1, 0.15) is 11.5 Å². The summed E-state index contributed by atoms with van der Waals surface area (Å²) < 4.78 is 3.04. The van der Waals surface area contributed by atoms with E-state index in [4.69, 9.17) is 5.73 Å². The lowest BCUT2D eigenvalue weighted by Crippen LogP contribution is -2.33. The fourth-order valence-corrected chi connectivity index (χ4v) is 1.54. The summed E-state index contributed by atoms with van der Waals surface area (Å²) in [6, 6.07) is 0. The molecular weight excluding hydrogens is 236 g/mol. The van der Waals surface area contributed by atoms with Crippen molar-refractivity contribution in [3.63, 3.8) is 0 Å². The summed E-state index contributed by atoms with van der Waals surface area (Å²) in [5.74, 6) is 0.120. The predicted octanol–water partition coefficient (Wildman–Crippen LogP) is -1.04. The normalized spacial score (nSPS) is 10.5. The van der Waals surface area contributed by atoms with Crippen LogP contribution in [-0.4, -0.2) is 25.6 Å². The Bertz CT molecular complexity index is 639. The van der Waals surface area contributed by atoms with Crippen LogP contribution in [0.1, 0.15) is 0 Å². The molecule has 2 heterocycles. The monoisotopic (exact) mass is 250 g/mol. The van der Waals surface area contributed by atoms with Gasteiger partial charge in [0.25, 0.3) is 5.56 Å². The molecule has 0 unspecified atom stereocenters. The second kappa shape index (κ2) is 4.78. The fourth-order valence-electron chi connectivity index (χ4n) is 1.54. The van der Waals surface area contributed by atoms with Crippen LogP contribution >= 0.6 is 0 Å². The van der Waals surface area contributed by atoms with E-state index in [1.807, 2.05) is 10.8 Å². The molecule has 0 atom stereocenters. The van der Waals surface area contributed by atoms with Gasteiger partial charge in [-0.2, -0.15) is 0 Å². The van der Waals surface area contributed by atoms with Crippen molar-refractivity contribution in [2.75, 3.05) is 17.6 Å². The van der Waals surface area contributed by atoms with Crippen LogP contribution in [0, 0.1) is 0 Å². The van der Waals surface area contributed by atoms with Gasteiger partial charge < -0.3 is 15.6 Å². The number of anilines is 2. The molecule has 18 heavy (non-hydrogen) atoms. The Labute approximate surface area is 102 Å². The number of imidazole rings is 1. The summed E-state index contributed by atoms with van der Waals surface area (Å²) in [7, 11) is 1.49. The number of H-pyrrole nitrogens is 1. The average molecular weight is 250 g/mol. The van der Waals surface area contributed by atoms with Crippen LogP contribution in [0.15, 0.2) is 28.3 Å². The molecule has 2 aromatic rings. The maximum atomic E-state index is 11.6. The number of aromatic amines is 1. The molecule has 2 aromatic heterocycles. The van der Waals surface area contributed by atoms with E-state index in [1.54, 1.807) is 12.5 Å². The van der Waals surface area contributed by atoms with Crippen LogP contribution in [0.4, 0.5) is 11.5 Å². The lowest BCUT2D eigenvalue weighted by molar-refractivity contribution is 0.723. The van der Waals surface area contributed by atoms with Gasteiger partial charge in [0.05, 0.1) is 6.33 Å². The Balaban J connectivity index is 2.12. The van der Waals surface area contributed by atoms with Crippen molar-refractivity contribution in [3.05, 3.63) is 39.6 Å². The molecule has 0 aliphatic carbocycles. The number of rotatable bonds is 4. The molecule has 0 saturated heterocycles. The average Bonchev–Trinajstić information content (AvgIpc) is 2.84. The number of nitrogens with one attached hydrogen (secondary N) is 2. The molecule has 0 bridgehead atoms. The fraction of sp³-hybridized carbons (Fsp3) is 0.300. The Morgan fingerprint density at radius 2 is 2.28 bits per heavy atom. The summed E-state index contributed by atoms with van der Waals surface area (Å²) >= 11 is 0. The van der Waals surface area contributed by atoms with Crippen molar-refractivity contribution in [1.29, 1.82) is 0 Å². The first-order valence-electron chi connectivity index (χ1n) is 5.38. The van der Waals surface area contributed by atoms with E-state index < -0.39 is 11.2 Å². The number of hydrogen-bond acceptors (Lipinski definition) is 5. The van der Waals surface area contributed by atoms with E-state index in [-0.39, 0.29) is 11.5 Å². The SMILES string of the molecule is Cn1c(N)c(NCCn2ccnc2)c(=O)[nH]c1=O. The summed E-state index contributed by atoms with van der Waals surface area (Å²) in [5, 5.41) is 2.91. The van der Waals surface area contributed by atoms with Crippen molar-refractivity contribution in [3.8, 4) is 0 Å². The maximum absolute atomic E-state index is 11.6. The van der Waals surface area contributed by atoms with Crippen LogP contribution in [0.2, 0.25) is 0 Å². The van der Waals surface area contributed by atoms with Gasteiger partial charge in [-0.05, 0) is 0 Å². The van der Waals surface area contributed by atoms with Gasteiger partial charge in [-0.1, -0.05) is 0 Å². The van der Waals surface area contributed by atoms with Crippen molar-refractivity contribution in [2.24, 2.45) is 7.05 Å². The zero-order valence-electron chi connectivity index (χ0n) is 9.88. The quantitative estimate of drug-likeness (QED) is 0.642. The first-order valence-corrected chi connectivity index (χ1v) is 5.38. The maximum Gasteiger partial charge on any atom is 0.329 e. The van der Waals surface area contributed by atoms with Crippen LogP contribution in [0.5, 0.6) is 0 Å². The Kier molecular flexibility index (Phi) is 3.18. The molecule has 0 spiro atoms. The van der Waals surface area contributed by atoms with Crippen LogP contribution < -0.4 is 22.3 Å². The molecule has 0 aromatic carbocycles. The first-order chi connectivity index (χ1) is 8.59. The van der Waals surface area contributed by atoms with Gasteiger partial charge in [0.15, 0.2) is 0 Å². The lowest BCUT2D eigenvalue weighted by atomic mass is 10.4. The summed E-state index contributed by atoms with van der Waals surface area (Å²) in [6.07, 6.45) is 5.17. The highest BCUT2D eigenvalue weighted by Crippen LogP contribution is 2.07. The second-order valence-electron chi connectivity index (χ2n) is 3.81. The summed E-state index contributed by atoms with van der Waals surface area (Å²) in [6.45, 7) is 1.14. The predicted molar refractivity (Wildman–Crippen MR) is 67.4 cm³/mol. The molecule has 8 heteroatoms. The van der Waals surface area contributed by atoms with Crippen molar-refractivity contribution >= 4 is 11.5 Å². The minimum atomic E-state index is -0.530. The summed E-state index contributed by atoms with van der Waals surface area (Å²) in [5.41, 5.74) is 4.87. The van der Waals surface area contributed by atoms with Gasteiger partial charge in [0, 0.05) is 32.5 Å². The number of nitrogens with two attached hydrogens (primary N) is 1. The van der Waals surface area contributed by atoms with E-state index in [1.165, 1.54) is 11.6 Å². The molecule has 0 saturated carbocycles. The molecule has 8 nitrogen and oxygen atoms in total. The van der Waals surface area contributed by atoms with Crippen LogP contribution in [-0.2, 0) is 13.6 Å². The summed E-state index contributed by atoms with van der Waals surface area (Å²) in [4.78, 5) is 28.9. The molecule has 0 fully saturated rings. The Morgan fingerprint density at radius 3 is 2.94 bits per heavy atom. The first kappa shape index (κ1) is 12.0. The van der Waals surface area contributed by atoms with E-state index in [0.717, 1.165) is 0 Å². The minimum absolute atomic E-state index is 0.120. The van der Waals surface area contributed by atoms with Gasteiger partial charge in [-0.15, -0.1) is 0 Å². The molecule has 0 radical (unpaired) electrons. The van der Waals surface area contributed by atoms with Crippen molar-refractivity contribution in [2.45, 2.75) is 6.54 Å². The molecule has 4 N–H and O–H groups in total. The van der Waals surface area contributed by atoms with Gasteiger partial charge in [0.2, 0.25) is 0 Å². The third-order valence-corrected chi connectivity index (χ3v) is 2.60. The molecule has 0 aliphatic heterocycles. The van der Waals surface area contributed by atoms with E-state index >= 15 is 0 Å². The third kappa shape index (κ3) is 2.26. The molecular formula is C10H14N6O2. The second-order valence-corrected chi connectivity index (χ2v) is 3.81. The highest BCUT2D eigenvalue weighted by atomic mass is 16.2. The Hall–Kier alpha value is -2.51. The van der Waals surface area contributed by atoms with E-state index in [0.29, 0.717) is 13.1 Å². The molecule has 96 valence electrons. The lowest BCUT2D eigenvalue weighted by Gasteiger charge is -2.10. The molecule has 2 rings (SSSR count). The topological polar surface area (TPSA) is 111 Å². The highest BCUT2D eigenvalue weighted by Gasteiger charge is 2.08. The zero-order valence-corrected chi connectivity index (χ0v) is 9.88. The number of nitrogen functional groups attached to an aromatic ring is 1. The number of hydrogen-bond donors (Lipinski definition) is 3. The van der Waals surface area contributed by atoms with E-state index in [2.05, 4.69) is 15.3 Å². The number of nitrogens with zero attached hydrogens (tertiary/aromatic N) is 3. The van der Waals surface area contributed by atoms with Crippen LogP contribution in [0.3, 0.4) is 0 Å². The van der Waals surface area contributed by atoms with Crippen LogP contribution in [0.25, 0.3) is 0 Å². The largest absolute Gasteiger partial charge is 0.383 e. The standard InChI is InChI=1S/C10H14N6O2/c1-15-8(11)7(9(17)14-10(15)18)13-3-5-16-4-2-12-6-16/h2,4,6,13H,3,5,11H2,1H3,(H,14,17,18). The number of aromatic nitrogens is 4. The smallest absolute Gasteiger partial charge is 0.329 e. The third-order valence-electron chi connectivity index (χ3n) is 2.60. The molecule has 0 amide bonds. The highest BCUT2D eigenvalue weighted by molar-refractivity contribution is 5.60. The van der Waals surface area contributed by atoms with Gasteiger partial charge in [-0.3, -0.25) is 14.3 Å². The van der Waals surface area contributed by atoms with Crippen molar-refractivity contribution < 1.29 is 0 Å². The Morgan fingerprint density at radius 1 is 1.50 bits per heavy atom.